The van der Waals surface area contributed by atoms with Gasteiger partial charge in [-0.1, -0.05) is 12.8 Å². The van der Waals surface area contributed by atoms with Gasteiger partial charge in [-0.3, -0.25) is 0 Å². The van der Waals surface area contributed by atoms with Crippen LogP contribution in [0.25, 0.3) is 0 Å². The second-order valence-electron chi connectivity index (χ2n) is 5.85. The van der Waals surface area contributed by atoms with Crippen LogP contribution in [-0.2, 0) is 10.0 Å². The molecule has 0 aromatic rings. The molecule has 3 unspecified atom stereocenters. The Kier molecular flexibility index (Phi) is 2.96. The van der Waals surface area contributed by atoms with Gasteiger partial charge < -0.3 is 5.32 Å². The molecule has 0 aromatic carbocycles. The maximum Gasteiger partial charge on any atom is 0.217 e. The quantitative estimate of drug-likeness (QED) is 0.802. The molecule has 0 aromatic heterocycles. The van der Waals surface area contributed by atoms with Gasteiger partial charge in [-0.2, -0.15) is 4.31 Å². The van der Waals surface area contributed by atoms with Crippen LogP contribution >= 0.6 is 0 Å². The third-order valence-corrected chi connectivity index (χ3v) is 7.26. The van der Waals surface area contributed by atoms with Crippen molar-refractivity contribution in [2.45, 2.75) is 56.4 Å². The van der Waals surface area contributed by atoms with Crippen LogP contribution in [0, 0.1) is 5.92 Å². The lowest BCUT2D eigenvalue weighted by molar-refractivity contribution is 0.330. The van der Waals surface area contributed by atoms with Gasteiger partial charge >= 0.3 is 0 Å². The van der Waals surface area contributed by atoms with E-state index >= 15 is 0 Å². The van der Waals surface area contributed by atoms with Crippen LogP contribution in [0.15, 0.2) is 0 Å². The van der Waals surface area contributed by atoms with Crippen molar-refractivity contribution >= 4 is 10.0 Å². The highest BCUT2D eigenvalue weighted by Crippen LogP contribution is 2.38. The third-order valence-electron chi connectivity index (χ3n) is 4.73. The molecule has 1 aliphatic carbocycles. The Morgan fingerprint density at radius 2 is 1.88 bits per heavy atom. The summed E-state index contributed by atoms with van der Waals surface area (Å²) in [6.07, 6.45) is 4.94. The Morgan fingerprint density at radius 1 is 1.18 bits per heavy atom. The molecule has 3 atom stereocenters. The van der Waals surface area contributed by atoms with E-state index in [2.05, 4.69) is 12.2 Å². The number of hydrogen-bond donors (Lipinski definition) is 1. The summed E-state index contributed by atoms with van der Waals surface area (Å²) in [5, 5.41) is 3.24. The lowest BCUT2D eigenvalue weighted by Crippen LogP contribution is -2.46. The molecular weight excluding hydrogens is 236 g/mol. The molecular formula is C12H22N2O2S. The first-order chi connectivity index (χ1) is 8.10. The predicted octanol–water partition coefficient (Wildman–Crippen LogP) is 0.941. The summed E-state index contributed by atoms with van der Waals surface area (Å²) in [5.41, 5.74) is 0. The van der Waals surface area contributed by atoms with E-state index in [1.54, 1.807) is 0 Å². The first-order valence-electron chi connectivity index (χ1n) is 6.84. The average Bonchev–Trinajstić information content (AvgIpc) is 2.88. The number of sulfonamides is 1. The molecule has 3 aliphatic rings. The van der Waals surface area contributed by atoms with E-state index < -0.39 is 10.0 Å². The monoisotopic (exact) mass is 258 g/mol. The van der Waals surface area contributed by atoms with Crippen molar-refractivity contribution in [1.82, 2.24) is 9.62 Å². The Labute approximate surface area is 104 Å². The summed E-state index contributed by atoms with van der Waals surface area (Å²) < 4.78 is 27.2. The molecule has 5 heteroatoms. The van der Waals surface area contributed by atoms with E-state index in [9.17, 15) is 8.42 Å². The number of hydrogen-bond acceptors (Lipinski definition) is 3. The van der Waals surface area contributed by atoms with Crippen LogP contribution in [-0.4, -0.2) is 43.1 Å². The van der Waals surface area contributed by atoms with Gasteiger partial charge in [0, 0.05) is 18.6 Å². The van der Waals surface area contributed by atoms with Crippen molar-refractivity contribution in [1.29, 1.82) is 0 Å². The minimum Gasteiger partial charge on any atom is -0.315 e. The van der Waals surface area contributed by atoms with Crippen molar-refractivity contribution < 1.29 is 8.42 Å². The summed E-state index contributed by atoms with van der Waals surface area (Å²) in [6, 6.07) is 0.438. The maximum absolute atomic E-state index is 12.7. The minimum absolute atomic E-state index is 0.0932. The third kappa shape index (κ3) is 1.83. The first kappa shape index (κ1) is 11.9. The van der Waals surface area contributed by atoms with Gasteiger partial charge in [-0.05, 0) is 38.6 Å². The minimum atomic E-state index is -3.05. The van der Waals surface area contributed by atoms with Crippen molar-refractivity contribution in [3.8, 4) is 0 Å². The SMILES string of the molecule is CC1CC2CNCC2N1S(=O)(=O)C1CCCC1. The second-order valence-corrected chi connectivity index (χ2v) is 7.97. The molecule has 3 rings (SSSR count). The van der Waals surface area contributed by atoms with Gasteiger partial charge in [0.2, 0.25) is 10.0 Å². The highest BCUT2D eigenvalue weighted by molar-refractivity contribution is 7.89. The maximum atomic E-state index is 12.7. The summed E-state index contributed by atoms with van der Waals surface area (Å²) >= 11 is 0. The number of nitrogens with zero attached hydrogens (tertiary/aromatic N) is 1. The smallest absolute Gasteiger partial charge is 0.217 e. The van der Waals surface area contributed by atoms with Crippen molar-refractivity contribution in [2.24, 2.45) is 5.92 Å². The molecule has 1 N–H and O–H groups in total. The molecule has 17 heavy (non-hydrogen) atoms. The largest absolute Gasteiger partial charge is 0.315 e. The summed E-state index contributed by atoms with van der Waals surface area (Å²) in [5.74, 6) is 0.543. The van der Waals surface area contributed by atoms with E-state index in [0.717, 1.165) is 45.2 Å². The van der Waals surface area contributed by atoms with Crippen LogP contribution in [0.5, 0.6) is 0 Å². The van der Waals surface area contributed by atoms with E-state index in [1.165, 1.54) is 0 Å². The highest BCUT2D eigenvalue weighted by atomic mass is 32.2. The van der Waals surface area contributed by atoms with E-state index in [-0.39, 0.29) is 17.3 Å². The molecule has 0 bridgehead atoms. The highest BCUT2D eigenvalue weighted by Gasteiger charge is 2.49. The lowest BCUT2D eigenvalue weighted by Gasteiger charge is -2.29. The van der Waals surface area contributed by atoms with Crippen LogP contribution in [0.3, 0.4) is 0 Å². The normalized spacial score (nSPS) is 39.9. The van der Waals surface area contributed by atoms with Crippen molar-refractivity contribution in [3.63, 3.8) is 0 Å². The van der Waals surface area contributed by atoms with Gasteiger partial charge in [0.1, 0.15) is 0 Å². The topological polar surface area (TPSA) is 49.4 Å². The molecule has 0 amide bonds. The average molecular weight is 258 g/mol. The van der Waals surface area contributed by atoms with Crippen LogP contribution in [0.2, 0.25) is 0 Å². The van der Waals surface area contributed by atoms with Crippen LogP contribution < -0.4 is 5.32 Å². The van der Waals surface area contributed by atoms with E-state index in [4.69, 9.17) is 0 Å². The summed E-state index contributed by atoms with van der Waals surface area (Å²) in [6.45, 7) is 3.91. The molecule has 2 heterocycles. The second kappa shape index (κ2) is 4.21. The predicted molar refractivity (Wildman–Crippen MR) is 67.2 cm³/mol. The molecule has 1 saturated carbocycles. The molecule has 0 spiro atoms. The summed E-state index contributed by atoms with van der Waals surface area (Å²) in [4.78, 5) is 0. The molecule has 98 valence electrons. The van der Waals surface area contributed by atoms with Gasteiger partial charge in [0.25, 0.3) is 0 Å². The molecule has 2 aliphatic heterocycles. The fourth-order valence-corrected chi connectivity index (χ4v) is 6.41. The van der Waals surface area contributed by atoms with Gasteiger partial charge in [0.05, 0.1) is 5.25 Å². The Balaban J connectivity index is 1.86. The van der Waals surface area contributed by atoms with Crippen LogP contribution in [0.4, 0.5) is 0 Å². The Bertz CT molecular complexity index is 389. The molecule has 0 radical (unpaired) electrons. The Morgan fingerprint density at radius 3 is 2.59 bits per heavy atom. The molecule has 2 saturated heterocycles. The lowest BCUT2D eigenvalue weighted by atomic mass is 10.0. The number of rotatable bonds is 2. The number of nitrogens with one attached hydrogen (secondary N) is 1. The zero-order valence-corrected chi connectivity index (χ0v) is 11.2. The van der Waals surface area contributed by atoms with Gasteiger partial charge in [-0.25, -0.2) is 8.42 Å². The summed E-state index contributed by atoms with van der Waals surface area (Å²) in [7, 11) is -3.05. The van der Waals surface area contributed by atoms with Gasteiger partial charge in [0.15, 0.2) is 0 Å². The van der Waals surface area contributed by atoms with E-state index in [1.807, 2.05) is 4.31 Å². The fourth-order valence-electron chi connectivity index (χ4n) is 3.92. The molecule has 4 nitrogen and oxygen atoms in total. The fraction of sp³-hybridized carbons (Fsp3) is 1.00. The Hall–Kier alpha value is -0.130. The standard InChI is InChI=1S/C12H22N2O2S/c1-9-6-10-7-13-8-12(10)14(9)17(15,16)11-4-2-3-5-11/h9-13H,2-8H2,1H3. The van der Waals surface area contributed by atoms with Gasteiger partial charge in [-0.15, -0.1) is 0 Å². The first-order valence-corrected chi connectivity index (χ1v) is 8.34. The van der Waals surface area contributed by atoms with Crippen LogP contribution in [0.1, 0.15) is 39.0 Å². The zero-order chi connectivity index (χ0) is 12.0. The van der Waals surface area contributed by atoms with Crippen molar-refractivity contribution in [2.75, 3.05) is 13.1 Å². The van der Waals surface area contributed by atoms with Crippen molar-refractivity contribution in [3.05, 3.63) is 0 Å². The van der Waals surface area contributed by atoms with E-state index in [0.29, 0.717) is 5.92 Å². The molecule has 3 fully saturated rings. The number of fused-ring (bicyclic) bond motifs is 1. The zero-order valence-electron chi connectivity index (χ0n) is 10.4.